The van der Waals surface area contributed by atoms with Gasteiger partial charge in [-0.05, 0) is 24.5 Å². The molecule has 2 heterocycles. The number of pyridine rings is 1. The van der Waals surface area contributed by atoms with Gasteiger partial charge in [0, 0.05) is 36.7 Å². The summed E-state index contributed by atoms with van der Waals surface area (Å²) in [5.74, 6) is 0.698. The minimum Gasteiger partial charge on any atom is -0.377 e. The largest absolute Gasteiger partial charge is 0.377 e. The van der Waals surface area contributed by atoms with Crippen LogP contribution in [0.15, 0.2) is 18.3 Å². The lowest BCUT2D eigenvalue weighted by molar-refractivity contribution is -0.113. The van der Waals surface area contributed by atoms with E-state index in [1.54, 1.807) is 0 Å². The summed E-state index contributed by atoms with van der Waals surface area (Å²) >= 11 is 0. The molecule has 0 amide bonds. The van der Waals surface area contributed by atoms with E-state index in [1.165, 1.54) is 17.7 Å². The fourth-order valence-corrected chi connectivity index (χ4v) is 3.90. The SMILES string of the molecule is CCc1cccnc1CNC1C2CCOC2C1(C)C. The molecule has 2 fully saturated rings. The molecule has 1 saturated carbocycles. The Morgan fingerprint density at radius 2 is 2.32 bits per heavy atom. The number of ether oxygens (including phenoxy) is 1. The van der Waals surface area contributed by atoms with Gasteiger partial charge in [0.1, 0.15) is 0 Å². The minimum absolute atomic E-state index is 0.252. The molecule has 3 heteroatoms. The fraction of sp³-hybridized carbons (Fsp3) is 0.688. The third-order valence-electron chi connectivity index (χ3n) is 4.96. The first-order valence-corrected chi connectivity index (χ1v) is 7.42. The maximum Gasteiger partial charge on any atom is 0.0685 e. The molecule has 2 aliphatic rings. The minimum atomic E-state index is 0.252. The van der Waals surface area contributed by atoms with Crippen LogP contribution in [-0.2, 0) is 17.7 Å². The molecule has 1 N–H and O–H groups in total. The highest BCUT2D eigenvalue weighted by molar-refractivity contribution is 5.20. The van der Waals surface area contributed by atoms with Gasteiger partial charge in [-0.25, -0.2) is 0 Å². The average Bonchev–Trinajstić information content (AvgIpc) is 2.86. The van der Waals surface area contributed by atoms with Crippen molar-refractivity contribution in [3.63, 3.8) is 0 Å². The quantitative estimate of drug-likeness (QED) is 0.903. The van der Waals surface area contributed by atoms with Gasteiger partial charge in [-0.2, -0.15) is 0 Å². The molecule has 104 valence electrons. The first-order valence-electron chi connectivity index (χ1n) is 7.42. The molecule has 0 aromatic carbocycles. The van der Waals surface area contributed by atoms with E-state index < -0.39 is 0 Å². The van der Waals surface area contributed by atoms with Crippen molar-refractivity contribution in [1.29, 1.82) is 0 Å². The summed E-state index contributed by atoms with van der Waals surface area (Å²) in [4.78, 5) is 4.52. The van der Waals surface area contributed by atoms with Gasteiger partial charge in [-0.3, -0.25) is 4.98 Å². The predicted molar refractivity (Wildman–Crippen MR) is 75.9 cm³/mol. The second kappa shape index (κ2) is 4.88. The highest BCUT2D eigenvalue weighted by Gasteiger charge is 2.58. The Bertz CT molecular complexity index is 458. The lowest BCUT2D eigenvalue weighted by Gasteiger charge is -2.55. The van der Waals surface area contributed by atoms with Crippen molar-refractivity contribution in [2.24, 2.45) is 11.3 Å². The molecule has 1 aliphatic heterocycles. The van der Waals surface area contributed by atoms with Gasteiger partial charge < -0.3 is 10.1 Å². The summed E-state index contributed by atoms with van der Waals surface area (Å²) in [5.41, 5.74) is 2.80. The van der Waals surface area contributed by atoms with Crippen molar-refractivity contribution in [3.05, 3.63) is 29.6 Å². The van der Waals surface area contributed by atoms with Crippen molar-refractivity contribution in [3.8, 4) is 0 Å². The molecule has 3 atom stereocenters. The van der Waals surface area contributed by atoms with Crippen LogP contribution in [0.2, 0.25) is 0 Å². The van der Waals surface area contributed by atoms with Crippen LogP contribution in [0.25, 0.3) is 0 Å². The fourth-order valence-electron chi connectivity index (χ4n) is 3.90. The number of aryl methyl sites for hydroxylation is 1. The van der Waals surface area contributed by atoms with Crippen LogP contribution >= 0.6 is 0 Å². The van der Waals surface area contributed by atoms with E-state index in [4.69, 9.17) is 4.74 Å². The monoisotopic (exact) mass is 260 g/mol. The molecular weight excluding hydrogens is 236 g/mol. The molecular formula is C16H24N2O. The molecule has 1 aliphatic carbocycles. The van der Waals surface area contributed by atoms with E-state index in [-0.39, 0.29) is 5.41 Å². The number of hydrogen-bond donors (Lipinski definition) is 1. The highest BCUT2D eigenvalue weighted by Crippen LogP contribution is 2.52. The lowest BCUT2D eigenvalue weighted by Crippen LogP contribution is -2.65. The maximum absolute atomic E-state index is 5.84. The normalized spacial score (nSPS) is 31.8. The third-order valence-corrected chi connectivity index (χ3v) is 4.96. The molecule has 1 aromatic rings. The molecule has 1 saturated heterocycles. The number of nitrogens with zero attached hydrogens (tertiary/aromatic N) is 1. The van der Waals surface area contributed by atoms with Gasteiger partial charge in [0.15, 0.2) is 0 Å². The second-order valence-electron chi connectivity index (χ2n) is 6.39. The third kappa shape index (κ3) is 2.09. The number of aromatic nitrogens is 1. The van der Waals surface area contributed by atoms with E-state index in [0.29, 0.717) is 18.1 Å². The van der Waals surface area contributed by atoms with Gasteiger partial charge in [-0.1, -0.05) is 26.8 Å². The zero-order valence-corrected chi connectivity index (χ0v) is 12.1. The summed E-state index contributed by atoms with van der Waals surface area (Å²) in [6.07, 6.45) is 4.60. The smallest absolute Gasteiger partial charge is 0.0685 e. The van der Waals surface area contributed by atoms with Gasteiger partial charge in [0.25, 0.3) is 0 Å². The summed E-state index contributed by atoms with van der Waals surface area (Å²) in [5, 5.41) is 3.73. The Morgan fingerprint density at radius 3 is 3.11 bits per heavy atom. The van der Waals surface area contributed by atoms with Crippen molar-refractivity contribution in [2.75, 3.05) is 6.61 Å². The zero-order chi connectivity index (χ0) is 13.5. The Kier molecular flexibility index (Phi) is 3.35. The molecule has 3 nitrogen and oxygen atoms in total. The first-order chi connectivity index (χ1) is 9.14. The van der Waals surface area contributed by atoms with Crippen molar-refractivity contribution >= 4 is 0 Å². The predicted octanol–water partition coefficient (Wildman–Crippen LogP) is 2.55. The van der Waals surface area contributed by atoms with Gasteiger partial charge in [0.05, 0.1) is 11.8 Å². The van der Waals surface area contributed by atoms with E-state index >= 15 is 0 Å². The second-order valence-corrected chi connectivity index (χ2v) is 6.39. The Labute approximate surface area is 115 Å². The maximum atomic E-state index is 5.84. The summed E-state index contributed by atoms with van der Waals surface area (Å²) in [6, 6.07) is 4.76. The van der Waals surface area contributed by atoms with Crippen LogP contribution in [0.3, 0.4) is 0 Å². The van der Waals surface area contributed by atoms with Gasteiger partial charge in [-0.15, -0.1) is 0 Å². The molecule has 3 unspecified atom stereocenters. The molecule has 3 rings (SSSR count). The highest BCUT2D eigenvalue weighted by atomic mass is 16.5. The molecule has 0 radical (unpaired) electrons. The van der Waals surface area contributed by atoms with Crippen LogP contribution in [0.4, 0.5) is 0 Å². The molecule has 19 heavy (non-hydrogen) atoms. The van der Waals surface area contributed by atoms with Crippen LogP contribution in [0.5, 0.6) is 0 Å². The molecule has 0 bridgehead atoms. The zero-order valence-electron chi connectivity index (χ0n) is 12.1. The topological polar surface area (TPSA) is 34.2 Å². The summed E-state index contributed by atoms with van der Waals surface area (Å²) < 4.78 is 5.84. The molecule has 1 aromatic heterocycles. The number of hydrogen-bond acceptors (Lipinski definition) is 3. The van der Waals surface area contributed by atoms with Crippen molar-refractivity contribution < 1.29 is 4.74 Å². The van der Waals surface area contributed by atoms with Crippen LogP contribution in [0, 0.1) is 11.3 Å². The van der Waals surface area contributed by atoms with Crippen LogP contribution in [0.1, 0.15) is 38.4 Å². The summed E-state index contributed by atoms with van der Waals surface area (Å²) in [7, 11) is 0. The lowest BCUT2D eigenvalue weighted by atomic mass is 9.57. The number of rotatable bonds is 4. The Morgan fingerprint density at radius 1 is 1.47 bits per heavy atom. The standard InChI is InChI=1S/C16H24N2O/c1-4-11-6-5-8-17-13(11)10-18-14-12-7-9-19-15(12)16(14,2)3/h5-6,8,12,14-15,18H,4,7,9-10H2,1-3H3. The molecule has 0 spiro atoms. The van der Waals surface area contributed by atoms with Crippen molar-refractivity contribution in [2.45, 2.75) is 52.3 Å². The average molecular weight is 260 g/mol. The van der Waals surface area contributed by atoms with E-state index in [0.717, 1.165) is 19.6 Å². The van der Waals surface area contributed by atoms with Crippen molar-refractivity contribution in [1.82, 2.24) is 10.3 Å². The van der Waals surface area contributed by atoms with Crippen LogP contribution in [-0.4, -0.2) is 23.7 Å². The first kappa shape index (κ1) is 13.1. The van der Waals surface area contributed by atoms with Gasteiger partial charge >= 0.3 is 0 Å². The Balaban J connectivity index is 1.66. The van der Waals surface area contributed by atoms with E-state index in [1.807, 2.05) is 12.3 Å². The van der Waals surface area contributed by atoms with Gasteiger partial charge in [0.2, 0.25) is 0 Å². The number of nitrogens with one attached hydrogen (secondary N) is 1. The van der Waals surface area contributed by atoms with Crippen LogP contribution < -0.4 is 5.32 Å². The van der Waals surface area contributed by atoms with E-state index in [9.17, 15) is 0 Å². The summed E-state index contributed by atoms with van der Waals surface area (Å²) in [6.45, 7) is 8.63. The van der Waals surface area contributed by atoms with E-state index in [2.05, 4.69) is 37.1 Å². The number of fused-ring (bicyclic) bond motifs is 1. The Hall–Kier alpha value is -0.930.